The summed E-state index contributed by atoms with van der Waals surface area (Å²) in [5, 5.41) is 3.85. The molecular formula is C31H42N4O4. The number of nitrogens with zero attached hydrogens (tertiary/aromatic N) is 2. The normalized spacial score (nSPS) is 15.4. The van der Waals surface area contributed by atoms with Crippen molar-refractivity contribution in [3.63, 3.8) is 0 Å². The molecule has 3 aromatic rings. The highest BCUT2D eigenvalue weighted by atomic mass is 16.5. The number of hydrogen-bond acceptors (Lipinski definition) is 4. The van der Waals surface area contributed by atoms with Crippen LogP contribution in [0.5, 0.6) is 5.75 Å². The Labute approximate surface area is 230 Å². The summed E-state index contributed by atoms with van der Waals surface area (Å²) in [6.45, 7) is 13.7. The summed E-state index contributed by atoms with van der Waals surface area (Å²) in [5.41, 5.74) is 3.02. The van der Waals surface area contributed by atoms with Crippen molar-refractivity contribution in [1.29, 1.82) is 0 Å². The number of likely N-dealkylation sites (tertiary alicyclic amines) is 1. The Hall–Kier alpha value is -3.55. The van der Waals surface area contributed by atoms with Crippen LogP contribution in [0.1, 0.15) is 80.3 Å². The smallest absolute Gasteiger partial charge is 0.256 e. The molecule has 8 nitrogen and oxygen atoms in total. The van der Waals surface area contributed by atoms with Crippen LogP contribution in [-0.4, -0.2) is 46.5 Å². The van der Waals surface area contributed by atoms with Crippen LogP contribution in [0.25, 0.3) is 10.9 Å². The summed E-state index contributed by atoms with van der Waals surface area (Å²) in [6, 6.07) is 9.90. The molecule has 8 heteroatoms. The molecule has 39 heavy (non-hydrogen) atoms. The van der Waals surface area contributed by atoms with Crippen LogP contribution in [0.4, 0.5) is 0 Å². The average Bonchev–Trinajstić information content (AvgIpc) is 3.22. The van der Waals surface area contributed by atoms with Crippen molar-refractivity contribution in [2.75, 3.05) is 20.2 Å². The predicted molar refractivity (Wildman–Crippen MR) is 154 cm³/mol. The van der Waals surface area contributed by atoms with Gasteiger partial charge in [0.1, 0.15) is 5.75 Å². The van der Waals surface area contributed by atoms with E-state index >= 15 is 0 Å². The molecule has 0 radical (unpaired) electrons. The third-order valence-corrected chi connectivity index (χ3v) is 8.64. The molecule has 0 saturated carbocycles. The predicted octanol–water partition coefficient (Wildman–Crippen LogP) is 5.12. The van der Waals surface area contributed by atoms with Gasteiger partial charge in [-0.3, -0.25) is 14.4 Å². The monoisotopic (exact) mass is 534 g/mol. The van der Waals surface area contributed by atoms with Gasteiger partial charge in [0.2, 0.25) is 5.91 Å². The number of H-pyrrole nitrogens is 1. The molecule has 1 unspecified atom stereocenters. The van der Waals surface area contributed by atoms with E-state index in [9.17, 15) is 14.4 Å². The number of benzene rings is 1. The minimum atomic E-state index is -0.332. The molecule has 4 rings (SSSR count). The number of aromatic amines is 1. The number of piperidine rings is 1. The van der Waals surface area contributed by atoms with Crippen LogP contribution in [-0.2, 0) is 11.3 Å². The number of aromatic nitrogens is 2. The van der Waals surface area contributed by atoms with Crippen LogP contribution in [0.2, 0.25) is 0 Å². The Bertz CT molecular complexity index is 1430. The highest BCUT2D eigenvalue weighted by molar-refractivity contribution is 6.08. The second-order valence-corrected chi connectivity index (χ2v) is 11.5. The Balaban J connectivity index is 1.57. The van der Waals surface area contributed by atoms with E-state index in [-0.39, 0.29) is 35.4 Å². The Morgan fingerprint density at radius 2 is 1.85 bits per heavy atom. The molecule has 0 spiro atoms. The summed E-state index contributed by atoms with van der Waals surface area (Å²) >= 11 is 0. The molecule has 1 aliphatic heterocycles. The first-order valence-corrected chi connectivity index (χ1v) is 13.9. The van der Waals surface area contributed by atoms with Crippen molar-refractivity contribution < 1.29 is 14.3 Å². The third-order valence-electron chi connectivity index (χ3n) is 8.64. The number of fused-ring (bicyclic) bond motifs is 1. The minimum Gasteiger partial charge on any atom is -0.496 e. The van der Waals surface area contributed by atoms with Gasteiger partial charge in [-0.1, -0.05) is 39.0 Å². The maximum atomic E-state index is 13.6. The van der Waals surface area contributed by atoms with Crippen LogP contribution < -0.4 is 15.6 Å². The zero-order valence-corrected chi connectivity index (χ0v) is 24.3. The molecule has 0 aliphatic carbocycles. The molecular weight excluding hydrogens is 492 g/mol. The lowest BCUT2D eigenvalue weighted by atomic mass is 9.85. The van der Waals surface area contributed by atoms with E-state index in [1.165, 1.54) is 7.11 Å². The number of carbonyl (C=O) groups excluding carboxylic acids is 2. The fraction of sp³-hybridized carbons (Fsp3) is 0.516. The van der Waals surface area contributed by atoms with Gasteiger partial charge in [0.05, 0.1) is 24.8 Å². The van der Waals surface area contributed by atoms with Crippen LogP contribution >= 0.6 is 0 Å². The number of para-hydroxylation sites is 1. The number of ether oxygens (including phenoxy) is 1. The molecule has 2 amide bonds. The molecule has 1 saturated heterocycles. The van der Waals surface area contributed by atoms with E-state index in [4.69, 9.17) is 4.74 Å². The fourth-order valence-corrected chi connectivity index (χ4v) is 5.87. The van der Waals surface area contributed by atoms with E-state index < -0.39 is 0 Å². The maximum Gasteiger partial charge on any atom is 0.256 e. The standard InChI is InChI=1S/C31H42N4O4/c1-8-31(5,6)30(38)34-15-13-22(14-16-34)20(3)35-21(4)27(23-11-9-10-12-25(23)35)29(37)32-18-24-26(39-7)17-19(2)33-28(24)36/h9-12,17,20,22H,8,13-16,18H2,1-7H3,(H,32,37)(H,33,36). The summed E-state index contributed by atoms with van der Waals surface area (Å²) in [4.78, 5) is 43.9. The van der Waals surface area contributed by atoms with E-state index in [0.717, 1.165) is 48.9 Å². The molecule has 2 aromatic heterocycles. The third kappa shape index (κ3) is 5.47. The summed E-state index contributed by atoms with van der Waals surface area (Å²) in [6.07, 6.45) is 2.68. The van der Waals surface area contributed by atoms with E-state index in [1.54, 1.807) is 13.0 Å². The highest BCUT2D eigenvalue weighted by Crippen LogP contribution is 2.36. The second-order valence-electron chi connectivity index (χ2n) is 11.5. The number of carbonyl (C=O) groups is 2. The van der Waals surface area contributed by atoms with Gasteiger partial charge in [-0.15, -0.1) is 0 Å². The van der Waals surface area contributed by atoms with Gasteiger partial charge in [-0.05, 0) is 58.1 Å². The molecule has 1 aliphatic rings. The molecule has 1 atom stereocenters. The largest absolute Gasteiger partial charge is 0.496 e. The Kier molecular flexibility index (Phi) is 8.23. The van der Waals surface area contributed by atoms with Gasteiger partial charge >= 0.3 is 0 Å². The van der Waals surface area contributed by atoms with Crippen molar-refractivity contribution in [2.45, 2.75) is 73.4 Å². The number of hydrogen-bond donors (Lipinski definition) is 2. The van der Waals surface area contributed by atoms with Crippen molar-refractivity contribution in [3.8, 4) is 5.75 Å². The summed E-state index contributed by atoms with van der Waals surface area (Å²) in [5.74, 6) is 0.858. The van der Waals surface area contributed by atoms with Gasteiger partial charge < -0.3 is 24.5 Å². The zero-order chi connectivity index (χ0) is 28.5. The topological polar surface area (TPSA) is 96.4 Å². The van der Waals surface area contributed by atoms with E-state index in [0.29, 0.717) is 28.5 Å². The van der Waals surface area contributed by atoms with Gasteiger partial charge in [-0.25, -0.2) is 0 Å². The van der Waals surface area contributed by atoms with Gasteiger partial charge in [0, 0.05) is 46.8 Å². The van der Waals surface area contributed by atoms with Crippen LogP contribution in [0.3, 0.4) is 0 Å². The van der Waals surface area contributed by atoms with Crippen molar-refractivity contribution in [3.05, 3.63) is 63.2 Å². The van der Waals surface area contributed by atoms with E-state index in [2.05, 4.69) is 34.8 Å². The molecule has 210 valence electrons. The SMILES string of the molecule is CCC(C)(C)C(=O)N1CCC(C(C)n2c(C)c(C(=O)NCc3c(OC)cc(C)[nH]c3=O)c3ccccc32)CC1. The van der Waals surface area contributed by atoms with Crippen molar-refractivity contribution >= 4 is 22.7 Å². The first kappa shape index (κ1) is 28.5. The van der Waals surface area contributed by atoms with Crippen molar-refractivity contribution in [1.82, 2.24) is 19.8 Å². The fourth-order valence-electron chi connectivity index (χ4n) is 5.87. The minimum absolute atomic E-state index is 0.0622. The van der Waals surface area contributed by atoms with Crippen LogP contribution in [0, 0.1) is 25.2 Å². The van der Waals surface area contributed by atoms with Gasteiger partial charge in [0.15, 0.2) is 0 Å². The Morgan fingerprint density at radius 1 is 1.18 bits per heavy atom. The lowest BCUT2D eigenvalue weighted by Gasteiger charge is -2.39. The lowest BCUT2D eigenvalue weighted by Crippen LogP contribution is -2.45. The quantitative estimate of drug-likeness (QED) is 0.419. The van der Waals surface area contributed by atoms with Gasteiger partial charge in [0.25, 0.3) is 11.5 Å². The number of methoxy groups -OCH3 is 1. The molecule has 0 bridgehead atoms. The Morgan fingerprint density at radius 3 is 2.49 bits per heavy atom. The average molecular weight is 535 g/mol. The summed E-state index contributed by atoms with van der Waals surface area (Å²) < 4.78 is 7.67. The molecule has 3 heterocycles. The second kappa shape index (κ2) is 11.3. The number of aryl methyl sites for hydroxylation is 1. The maximum absolute atomic E-state index is 13.6. The van der Waals surface area contributed by atoms with Gasteiger partial charge in [-0.2, -0.15) is 0 Å². The highest BCUT2D eigenvalue weighted by Gasteiger charge is 2.35. The van der Waals surface area contributed by atoms with Crippen molar-refractivity contribution in [2.24, 2.45) is 11.3 Å². The number of amides is 2. The van der Waals surface area contributed by atoms with Crippen LogP contribution in [0.15, 0.2) is 35.1 Å². The lowest BCUT2D eigenvalue weighted by molar-refractivity contribution is -0.142. The number of pyridine rings is 1. The zero-order valence-electron chi connectivity index (χ0n) is 24.3. The molecule has 1 aromatic carbocycles. The molecule has 1 fully saturated rings. The first-order chi connectivity index (χ1) is 18.5. The first-order valence-electron chi connectivity index (χ1n) is 13.9. The van der Waals surface area contributed by atoms with E-state index in [1.807, 2.05) is 43.9 Å². The summed E-state index contributed by atoms with van der Waals surface area (Å²) in [7, 11) is 1.52. The number of rotatable bonds is 8. The molecule has 2 N–H and O–H groups in total. The number of nitrogens with one attached hydrogen (secondary N) is 2.